The lowest BCUT2D eigenvalue weighted by Crippen LogP contribution is -2.41. The number of ketones is 1. The van der Waals surface area contributed by atoms with Crippen molar-refractivity contribution in [1.82, 2.24) is 0 Å². The van der Waals surface area contributed by atoms with Crippen LogP contribution in [0.5, 0.6) is 0 Å². The third-order valence-electron chi connectivity index (χ3n) is 8.22. The van der Waals surface area contributed by atoms with Gasteiger partial charge in [0.25, 0.3) is 0 Å². The molecule has 0 aromatic heterocycles. The number of aliphatic hydroxyl groups excluding tert-OH is 3. The molecular formula is C28H40O4. The van der Waals surface area contributed by atoms with E-state index in [0.717, 1.165) is 44.6 Å². The summed E-state index contributed by atoms with van der Waals surface area (Å²) in [7, 11) is 0. The van der Waals surface area contributed by atoms with Gasteiger partial charge >= 0.3 is 0 Å². The maximum Gasteiger partial charge on any atom is 0.163 e. The molecule has 0 spiro atoms. The molecule has 0 aromatic rings. The standard InChI is InChI=1S/C28H40O4/c1-5-28(13-7-6-8-14-28)20-15-19(4)22(11-9-18(2)3)23(16-20)27(32)26-24(30)12-10-21(29)17-25(26)31/h6-7,9,12,17,19-20,22-23,30-32H,5,8,10-11,13-16H2,1-4H3/t19?,20-,22-,23?,28?/m1/s1. The minimum absolute atomic E-state index is 0.0167. The summed E-state index contributed by atoms with van der Waals surface area (Å²) >= 11 is 0. The second-order valence-corrected chi connectivity index (χ2v) is 10.4. The Morgan fingerprint density at radius 3 is 2.56 bits per heavy atom. The number of rotatable bonds is 5. The Bertz CT molecular complexity index is 868. The van der Waals surface area contributed by atoms with Crippen LogP contribution in [0.15, 0.2) is 58.8 Å². The van der Waals surface area contributed by atoms with E-state index in [0.29, 0.717) is 11.8 Å². The van der Waals surface area contributed by atoms with Gasteiger partial charge in [0.05, 0.1) is 5.57 Å². The molecule has 5 atom stereocenters. The minimum Gasteiger partial charge on any atom is -0.511 e. The first-order valence-corrected chi connectivity index (χ1v) is 12.2. The summed E-state index contributed by atoms with van der Waals surface area (Å²) in [5.74, 6) is 0.104. The van der Waals surface area contributed by atoms with Crippen molar-refractivity contribution in [3.05, 3.63) is 58.8 Å². The summed E-state index contributed by atoms with van der Waals surface area (Å²) in [6, 6.07) is 0. The van der Waals surface area contributed by atoms with E-state index < -0.39 is 0 Å². The maximum atomic E-state index is 11.9. The molecule has 3 aliphatic rings. The van der Waals surface area contributed by atoms with Crippen LogP contribution in [-0.2, 0) is 4.79 Å². The van der Waals surface area contributed by atoms with Gasteiger partial charge in [-0.15, -0.1) is 0 Å². The summed E-state index contributed by atoms with van der Waals surface area (Å²) in [6.07, 6.45) is 16.6. The number of allylic oxidation sites excluding steroid dienone is 7. The summed E-state index contributed by atoms with van der Waals surface area (Å²) in [5, 5.41) is 32.7. The molecule has 176 valence electrons. The van der Waals surface area contributed by atoms with E-state index in [1.165, 1.54) is 18.1 Å². The van der Waals surface area contributed by atoms with Crippen LogP contribution in [-0.4, -0.2) is 21.1 Å². The van der Waals surface area contributed by atoms with Gasteiger partial charge in [0.2, 0.25) is 0 Å². The molecule has 32 heavy (non-hydrogen) atoms. The Balaban J connectivity index is 2.05. The average Bonchev–Trinajstić information content (AvgIpc) is 2.89. The van der Waals surface area contributed by atoms with E-state index >= 15 is 0 Å². The van der Waals surface area contributed by atoms with E-state index in [1.54, 1.807) is 0 Å². The summed E-state index contributed by atoms with van der Waals surface area (Å²) in [4.78, 5) is 11.9. The largest absolute Gasteiger partial charge is 0.511 e. The van der Waals surface area contributed by atoms with Gasteiger partial charge in [0, 0.05) is 18.4 Å². The van der Waals surface area contributed by atoms with Gasteiger partial charge in [-0.1, -0.05) is 37.6 Å². The summed E-state index contributed by atoms with van der Waals surface area (Å²) in [5.41, 5.74) is 1.52. The molecule has 1 fully saturated rings. The third-order valence-corrected chi connectivity index (χ3v) is 8.22. The Hall–Kier alpha value is -2.23. The Morgan fingerprint density at radius 1 is 1.19 bits per heavy atom. The molecule has 3 aliphatic carbocycles. The van der Waals surface area contributed by atoms with Crippen LogP contribution in [0.2, 0.25) is 0 Å². The highest BCUT2D eigenvalue weighted by atomic mass is 16.3. The zero-order valence-corrected chi connectivity index (χ0v) is 20.1. The first kappa shape index (κ1) is 24.4. The van der Waals surface area contributed by atoms with Crippen LogP contribution >= 0.6 is 0 Å². The van der Waals surface area contributed by atoms with Gasteiger partial charge in [0.15, 0.2) is 5.78 Å². The molecule has 3 N–H and O–H groups in total. The molecule has 3 unspecified atom stereocenters. The lowest BCUT2D eigenvalue weighted by molar-refractivity contribution is -0.113. The molecule has 0 aliphatic heterocycles. The lowest BCUT2D eigenvalue weighted by atomic mass is 9.55. The molecular weight excluding hydrogens is 400 g/mol. The fourth-order valence-corrected chi connectivity index (χ4v) is 6.23. The predicted octanol–water partition coefficient (Wildman–Crippen LogP) is 7.43. The van der Waals surface area contributed by atoms with Gasteiger partial charge in [-0.2, -0.15) is 0 Å². The van der Waals surface area contributed by atoms with Crippen molar-refractivity contribution in [3.8, 4) is 0 Å². The van der Waals surface area contributed by atoms with Gasteiger partial charge < -0.3 is 15.3 Å². The number of carbonyl (C=O) groups is 1. The van der Waals surface area contributed by atoms with Gasteiger partial charge in [0.1, 0.15) is 17.3 Å². The highest BCUT2D eigenvalue weighted by Crippen LogP contribution is 2.54. The highest BCUT2D eigenvalue weighted by Gasteiger charge is 2.46. The second-order valence-electron chi connectivity index (χ2n) is 10.4. The molecule has 4 heteroatoms. The summed E-state index contributed by atoms with van der Waals surface area (Å²) in [6.45, 7) is 8.74. The van der Waals surface area contributed by atoms with Crippen molar-refractivity contribution >= 4 is 5.78 Å². The Kier molecular flexibility index (Phi) is 7.74. The van der Waals surface area contributed by atoms with Gasteiger partial charge in [-0.05, 0) is 88.0 Å². The predicted molar refractivity (Wildman–Crippen MR) is 129 cm³/mol. The monoisotopic (exact) mass is 440 g/mol. The molecule has 0 aromatic carbocycles. The van der Waals surface area contributed by atoms with Crippen LogP contribution < -0.4 is 0 Å². The first-order chi connectivity index (χ1) is 15.2. The zero-order chi connectivity index (χ0) is 23.5. The van der Waals surface area contributed by atoms with Crippen LogP contribution in [0.25, 0.3) is 0 Å². The second kappa shape index (κ2) is 10.1. The molecule has 0 bridgehead atoms. The number of hydrogen-bond acceptors (Lipinski definition) is 4. The van der Waals surface area contributed by atoms with Gasteiger partial charge in [-0.25, -0.2) is 0 Å². The first-order valence-electron chi connectivity index (χ1n) is 12.2. The van der Waals surface area contributed by atoms with E-state index in [2.05, 4.69) is 45.9 Å². The van der Waals surface area contributed by atoms with Crippen LogP contribution in [0.4, 0.5) is 0 Å². The van der Waals surface area contributed by atoms with Crippen molar-refractivity contribution in [2.24, 2.45) is 29.1 Å². The Morgan fingerprint density at radius 2 is 1.94 bits per heavy atom. The molecule has 0 heterocycles. The fraction of sp³-hybridized carbons (Fsp3) is 0.607. The fourth-order valence-electron chi connectivity index (χ4n) is 6.23. The smallest absolute Gasteiger partial charge is 0.163 e. The Labute approximate surface area is 193 Å². The summed E-state index contributed by atoms with van der Waals surface area (Å²) < 4.78 is 0. The molecule has 0 radical (unpaired) electrons. The SMILES string of the molecule is CCC1([C@@H]2CC(C)[C@@H](CC=C(C)C)C(C(O)=C3C(O)=CCC(=O)C=C3O)C2)CC=CCC1. The van der Waals surface area contributed by atoms with Crippen molar-refractivity contribution in [2.45, 2.75) is 79.1 Å². The van der Waals surface area contributed by atoms with Crippen LogP contribution in [0, 0.1) is 29.1 Å². The van der Waals surface area contributed by atoms with E-state index in [1.807, 2.05) is 0 Å². The van der Waals surface area contributed by atoms with Crippen molar-refractivity contribution in [1.29, 1.82) is 0 Å². The van der Waals surface area contributed by atoms with Crippen molar-refractivity contribution in [3.63, 3.8) is 0 Å². The van der Waals surface area contributed by atoms with E-state index in [9.17, 15) is 20.1 Å². The highest BCUT2D eigenvalue weighted by molar-refractivity contribution is 5.92. The molecule has 3 rings (SSSR count). The van der Waals surface area contributed by atoms with E-state index in [-0.39, 0.29) is 52.3 Å². The third kappa shape index (κ3) is 5.05. The van der Waals surface area contributed by atoms with Crippen LogP contribution in [0.3, 0.4) is 0 Å². The molecule has 1 saturated carbocycles. The molecule has 4 nitrogen and oxygen atoms in total. The zero-order valence-electron chi connectivity index (χ0n) is 20.1. The quantitative estimate of drug-likeness (QED) is 0.307. The van der Waals surface area contributed by atoms with Crippen molar-refractivity contribution < 1.29 is 20.1 Å². The topological polar surface area (TPSA) is 77.8 Å². The number of carbonyl (C=O) groups excluding carboxylic acids is 1. The van der Waals surface area contributed by atoms with Crippen molar-refractivity contribution in [2.75, 3.05) is 0 Å². The average molecular weight is 441 g/mol. The normalized spacial score (nSPS) is 34.9. The number of aliphatic hydroxyl groups is 3. The lowest BCUT2D eigenvalue weighted by Gasteiger charge is -2.49. The minimum atomic E-state index is -0.333. The van der Waals surface area contributed by atoms with E-state index in [4.69, 9.17) is 0 Å². The molecule has 0 saturated heterocycles. The number of hydrogen-bond donors (Lipinski definition) is 3. The molecule has 0 amide bonds. The van der Waals surface area contributed by atoms with Crippen LogP contribution in [0.1, 0.15) is 79.1 Å². The van der Waals surface area contributed by atoms with Gasteiger partial charge in [-0.3, -0.25) is 4.79 Å². The maximum absolute atomic E-state index is 11.9.